The molecule has 1 unspecified atom stereocenters. The second-order valence-electron chi connectivity index (χ2n) is 10.1. The van der Waals surface area contributed by atoms with E-state index in [9.17, 15) is 19.5 Å². The number of halogens is 1. The molecule has 216 valence electrons. The van der Waals surface area contributed by atoms with Gasteiger partial charge in [-0.25, -0.2) is 9.78 Å². The summed E-state index contributed by atoms with van der Waals surface area (Å²) in [6, 6.07) is 14.4. The highest BCUT2D eigenvalue weighted by Gasteiger charge is 2.39. The molecule has 2 heterocycles. The standard InChI is InChI=1S/C30H34ClN5O5/c1-17(16-37)32-14-19-12-13-25(34-28(19)41-5)22-10-6-9-21(26(22)31)20-8-7-11-24(18(20)2)33-27(38)23-15-35(3)30(40)36(4)29(23)39/h6-13,17,23,32,37H,14-16H2,1-5H3,(H,33,38)/t17-,23?/m0/s1. The van der Waals surface area contributed by atoms with Crippen LogP contribution < -0.4 is 15.4 Å². The number of nitrogens with one attached hydrogen (secondary N) is 2. The predicted molar refractivity (Wildman–Crippen MR) is 158 cm³/mol. The third-order valence-corrected chi connectivity index (χ3v) is 7.63. The van der Waals surface area contributed by atoms with Crippen LogP contribution in [0.1, 0.15) is 18.1 Å². The molecular formula is C30H34ClN5O5. The summed E-state index contributed by atoms with van der Waals surface area (Å²) in [5.74, 6) is -1.58. The molecule has 1 saturated heterocycles. The van der Waals surface area contributed by atoms with Gasteiger partial charge in [-0.2, -0.15) is 0 Å². The summed E-state index contributed by atoms with van der Waals surface area (Å²) >= 11 is 6.96. The average Bonchev–Trinajstić information content (AvgIpc) is 2.97. The maximum absolute atomic E-state index is 13.1. The molecule has 0 saturated carbocycles. The lowest BCUT2D eigenvalue weighted by atomic mass is 9.96. The highest BCUT2D eigenvalue weighted by molar-refractivity contribution is 6.36. The molecule has 1 aromatic heterocycles. The van der Waals surface area contributed by atoms with E-state index in [1.54, 1.807) is 20.2 Å². The first kappa shape index (κ1) is 30.0. The van der Waals surface area contributed by atoms with Gasteiger partial charge in [-0.15, -0.1) is 0 Å². The molecule has 0 aliphatic carbocycles. The first-order valence-electron chi connectivity index (χ1n) is 13.2. The molecule has 1 fully saturated rings. The van der Waals surface area contributed by atoms with Gasteiger partial charge in [-0.3, -0.25) is 14.5 Å². The van der Waals surface area contributed by atoms with Crippen molar-refractivity contribution in [2.75, 3.05) is 39.7 Å². The predicted octanol–water partition coefficient (Wildman–Crippen LogP) is 3.93. The number of aliphatic hydroxyl groups excluding tert-OH is 1. The molecule has 41 heavy (non-hydrogen) atoms. The number of nitrogens with zero attached hydrogens (tertiary/aromatic N) is 3. The minimum Gasteiger partial charge on any atom is -0.481 e. The third-order valence-electron chi connectivity index (χ3n) is 7.22. The molecule has 4 rings (SSSR count). The number of aromatic nitrogens is 1. The van der Waals surface area contributed by atoms with E-state index in [1.807, 2.05) is 56.3 Å². The van der Waals surface area contributed by atoms with Gasteiger partial charge >= 0.3 is 6.03 Å². The number of rotatable bonds is 9. The number of pyridine rings is 1. The number of hydrogen-bond donors (Lipinski definition) is 3. The number of aliphatic hydroxyl groups is 1. The molecule has 0 radical (unpaired) electrons. The van der Waals surface area contributed by atoms with Crippen molar-refractivity contribution in [1.29, 1.82) is 0 Å². The summed E-state index contributed by atoms with van der Waals surface area (Å²) in [5.41, 5.74) is 5.06. The Morgan fingerprint density at radius 2 is 1.80 bits per heavy atom. The number of hydrogen-bond acceptors (Lipinski definition) is 7. The first-order chi connectivity index (χ1) is 19.6. The second-order valence-corrected chi connectivity index (χ2v) is 10.5. The number of imide groups is 1. The van der Waals surface area contributed by atoms with Crippen molar-refractivity contribution in [3.8, 4) is 28.3 Å². The number of benzene rings is 2. The van der Waals surface area contributed by atoms with Crippen LogP contribution in [0.5, 0.6) is 5.88 Å². The van der Waals surface area contributed by atoms with E-state index in [4.69, 9.17) is 16.3 Å². The van der Waals surface area contributed by atoms with Crippen molar-refractivity contribution in [2.24, 2.45) is 5.92 Å². The van der Waals surface area contributed by atoms with Gasteiger partial charge in [0.05, 0.1) is 24.4 Å². The summed E-state index contributed by atoms with van der Waals surface area (Å²) < 4.78 is 5.53. The number of carbonyl (C=O) groups excluding carboxylic acids is 3. The zero-order valence-corrected chi connectivity index (χ0v) is 24.5. The Bertz CT molecular complexity index is 1480. The van der Waals surface area contributed by atoms with E-state index in [0.29, 0.717) is 34.4 Å². The van der Waals surface area contributed by atoms with Crippen LogP contribution >= 0.6 is 11.6 Å². The molecule has 0 bridgehead atoms. The molecule has 2 atom stereocenters. The lowest BCUT2D eigenvalue weighted by Crippen LogP contribution is -2.56. The fraction of sp³-hybridized carbons (Fsp3) is 0.333. The van der Waals surface area contributed by atoms with Crippen molar-refractivity contribution < 1.29 is 24.2 Å². The van der Waals surface area contributed by atoms with Gasteiger partial charge in [0.25, 0.3) is 0 Å². The molecule has 3 aromatic rings. The lowest BCUT2D eigenvalue weighted by molar-refractivity contribution is -0.140. The molecule has 10 nitrogen and oxygen atoms in total. The fourth-order valence-electron chi connectivity index (χ4n) is 4.71. The van der Waals surface area contributed by atoms with Crippen molar-refractivity contribution in [3.05, 3.63) is 64.7 Å². The van der Waals surface area contributed by atoms with Crippen LogP contribution in [0.15, 0.2) is 48.5 Å². The smallest absolute Gasteiger partial charge is 0.326 e. The summed E-state index contributed by atoms with van der Waals surface area (Å²) in [6.45, 7) is 4.27. The van der Waals surface area contributed by atoms with E-state index in [0.717, 1.165) is 27.2 Å². The van der Waals surface area contributed by atoms with Crippen LogP contribution in [0, 0.1) is 12.8 Å². The number of amides is 4. The molecule has 1 aliphatic heterocycles. The van der Waals surface area contributed by atoms with Crippen LogP contribution in [-0.4, -0.2) is 78.1 Å². The largest absolute Gasteiger partial charge is 0.481 e. The van der Waals surface area contributed by atoms with Crippen LogP contribution in [0.4, 0.5) is 10.5 Å². The Balaban J connectivity index is 1.62. The van der Waals surface area contributed by atoms with Gasteiger partial charge in [0.15, 0.2) is 0 Å². The molecular weight excluding hydrogens is 546 g/mol. The molecule has 2 aromatic carbocycles. The molecule has 0 spiro atoms. The quantitative estimate of drug-likeness (QED) is 0.328. The third kappa shape index (κ3) is 6.19. The highest BCUT2D eigenvalue weighted by Crippen LogP contribution is 2.39. The Morgan fingerprint density at radius 1 is 1.12 bits per heavy atom. The minimum absolute atomic E-state index is 0.00618. The number of ether oxygens (including phenoxy) is 1. The van der Waals surface area contributed by atoms with E-state index in [-0.39, 0.29) is 19.2 Å². The van der Waals surface area contributed by atoms with Crippen molar-refractivity contribution in [1.82, 2.24) is 20.1 Å². The fourth-order valence-corrected chi connectivity index (χ4v) is 5.03. The van der Waals surface area contributed by atoms with E-state index >= 15 is 0 Å². The average molecular weight is 580 g/mol. The maximum atomic E-state index is 13.1. The lowest BCUT2D eigenvalue weighted by Gasteiger charge is -2.33. The van der Waals surface area contributed by atoms with Gasteiger partial charge in [0, 0.05) is 55.6 Å². The molecule has 1 aliphatic rings. The SMILES string of the molecule is COc1nc(-c2cccc(-c3cccc(NC(=O)C4CN(C)C(=O)N(C)C4=O)c3C)c2Cl)ccc1CN[C@@H](C)CO. The summed E-state index contributed by atoms with van der Waals surface area (Å²) in [6.07, 6.45) is 0. The zero-order chi connectivity index (χ0) is 29.8. The van der Waals surface area contributed by atoms with Crippen molar-refractivity contribution in [2.45, 2.75) is 26.4 Å². The van der Waals surface area contributed by atoms with Crippen molar-refractivity contribution in [3.63, 3.8) is 0 Å². The normalized spacial score (nSPS) is 16.1. The van der Waals surface area contributed by atoms with Crippen LogP contribution in [0.2, 0.25) is 5.02 Å². The monoisotopic (exact) mass is 579 g/mol. The van der Waals surface area contributed by atoms with Gasteiger partial charge in [-0.1, -0.05) is 48.0 Å². The number of urea groups is 1. The van der Waals surface area contributed by atoms with Crippen LogP contribution in [-0.2, 0) is 16.1 Å². The number of methoxy groups -OCH3 is 1. The Morgan fingerprint density at radius 3 is 2.51 bits per heavy atom. The van der Waals surface area contributed by atoms with Gasteiger partial charge in [0.1, 0.15) is 5.92 Å². The minimum atomic E-state index is -1.01. The summed E-state index contributed by atoms with van der Waals surface area (Å²) in [5, 5.41) is 15.9. The first-order valence-corrected chi connectivity index (χ1v) is 13.6. The topological polar surface area (TPSA) is 124 Å². The zero-order valence-electron chi connectivity index (χ0n) is 23.7. The second kappa shape index (κ2) is 12.7. The van der Waals surface area contributed by atoms with Crippen molar-refractivity contribution >= 4 is 35.1 Å². The number of anilines is 1. The number of carbonyl (C=O) groups is 3. The van der Waals surface area contributed by atoms with Crippen LogP contribution in [0.25, 0.3) is 22.4 Å². The highest BCUT2D eigenvalue weighted by atomic mass is 35.5. The summed E-state index contributed by atoms with van der Waals surface area (Å²) in [7, 11) is 4.48. The Labute approximate surface area is 244 Å². The van der Waals surface area contributed by atoms with E-state index in [2.05, 4.69) is 15.6 Å². The summed E-state index contributed by atoms with van der Waals surface area (Å²) in [4.78, 5) is 44.8. The molecule has 11 heteroatoms. The van der Waals surface area contributed by atoms with Crippen LogP contribution in [0.3, 0.4) is 0 Å². The Kier molecular flexibility index (Phi) is 9.27. The molecule has 4 amide bonds. The van der Waals surface area contributed by atoms with Gasteiger partial charge in [-0.05, 0) is 37.1 Å². The maximum Gasteiger partial charge on any atom is 0.326 e. The molecule has 3 N–H and O–H groups in total. The van der Waals surface area contributed by atoms with Gasteiger partial charge in [0.2, 0.25) is 17.7 Å². The van der Waals surface area contributed by atoms with Gasteiger partial charge < -0.3 is 25.4 Å². The Hall–Kier alpha value is -3.99. The van der Waals surface area contributed by atoms with E-state index in [1.165, 1.54) is 11.9 Å². The van der Waals surface area contributed by atoms with E-state index < -0.39 is 23.8 Å².